The zero-order chi connectivity index (χ0) is 35.6. The van der Waals surface area contributed by atoms with Crippen molar-refractivity contribution in [3.05, 3.63) is 109 Å². The standard InChI is InChI=1S/C33H24N6O9S2.2Na/c40-31-25-13-11-23(15-19(25)17-27(49(43,44)45)29(31)38-36-21-7-3-1-4-8-21)34-33(42)35-24-12-14-26-20(16-24)18-28(50(46,47)48)30(32(26)41)39-37-22-9-5-2-6-10-22;;/h1-18,40-41H,(H2,34,35,42)(H,43,44,45)(H,46,47,48);;. The van der Waals surface area contributed by atoms with E-state index in [-0.39, 0.29) is 92.0 Å². The third-order valence-electron chi connectivity index (χ3n) is 7.22. The van der Waals surface area contributed by atoms with Gasteiger partial charge in [0.25, 0.3) is 20.2 Å². The van der Waals surface area contributed by atoms with E-state index in [1.54, 1.807) is 60.7 Å². The number of phenolic OH excluding ortho intramolecular Hbond substituents is 2. The summed E-state index contributed by atoms with van der Waals surface area (Å²) in [7, 11) is -9.75. The summed E-state index contributed by atoms with van der Waals surface area (Å²) < 4.78 is 68.6. The van der Waals surface area contributed by atoms with Gasteiger partial charge in [0.05, 0.1) is 11.4 Å². The molecule has 254 valence electrons. The van der Waals surface area contributed by atoms with Crippen LogP contribution >= 0.6 is 0 Å². The Labute approximate surface area is 340 Å². The first-order valence-electron chi connectivity index (χ1n) is 14.3. The number of benzene rings is 6. The molecule has 0 spiro atoms. The summed E-state index contributed by atoms with van der Waals surface area (Å²) in [5.41, 5.74) is 0.109. The minimum absolute atomic E-state index is 0. The van der Waals surface area contributed by atoms with Crippen LogP contribution in [0.3, 0.4) is 0 Å². The van der Waals surface area contributed by atoms with E-state index in [0.29, 0.717) is 11.4 Å². The Morgan fingerprint density at radius 3 is 1.23 bits per heavy atom. The van der Waals surface area contributed by atoms with Crippen molar-refractivity contribution in [3.63, 3.8) is 0 Å². The van der Waals surface area contributed by atoms with E-state index < -0.39 is 58.9 Å². The second-order valence-electron chi connectivity index (χ2n) is 10.6. The summed E-state index contributed by atoms with van der Waals surface area (Å²) in [6, 6.07) is 26.4. The minimum Gasteiger partial charge on any atom is -0.505 e. The van der Waals surface area contributed by atoms with Gasteiger partial charge in [-0.05, 0) is 83.6 Å². The Morgan fingerprint density at radius 1 is 0.519 bits per heavy atom. The van der Waals surface area contributed by atoms with E-state index in [4.69, 9.17) is 0 Å². The van der Waals surface area contributed by atoms with Crippen LogP contribution in [-0.4, -0.2) is 101 Å². The molecule has 0 heterocycles. The van der Waals surface area contributed by atoms with Crippen LogP contribution in [0.5, 0.6) is 11.5 Å². The van der Waals surface area contributed by atoms with Gasteiger partial charge in [-0.2, -0.15) is 27.1 Å². The molecule has 0 aliphatic carbocycles. The number of carbonyl (C=O) groups excluding carboxylic acids is 1. The monoisotopic (exact) mass is 758 g/mol. The molecule has 0 fully saturated rings. The van der Waals surface area contributed by atoms with Gasteiger partial charge in [-0.1, -0.05) is 36.4 Å². The molecule has 6 N–H and O–H groups in total. The maximum Gasteiger partial charge on any atom is 0.323 e. The van der Waals surface area contributed by atoms with Crippen LogP contribution in [0.2, 0.25) is 0 Å². The summed E-state index contributed by atoms with van der Waals surface area (Å²) >= 11 is 0. The molecule has 15 nitrogen and oxygen atoms in total. The van der Waals surface area contributed by atoms with Gasteiger partial charge in [-0.25, -0.2) is 4.79 Å². The number of azo groups is 2. The van der Waals surface area contributed by atoms with Crippen molar-refractivity contribution in [3.8, 4) is 11.5 Å². The Balaban J connectivity index is 0.00000302. The number of aromatic hydroxyl groups is 2. The van der Waals surface area contributed by atoms with Crippen LogP contribution < -0.4 is 10.6 Å². The smallest absolute Gasteiger partial charge is 0.323 e. The number of fused-ring (bicyclic) bond motifs is 2. The minimum atomic E-state index is -4.88. The number of rotatable bonds is 8. The molecule has 6 rings (SSSR count). The molecule has 0 saturated carbocycles. The van der Waals surface area contributed by atoms with Crippen molar-refractivity contribution in [1.82, 2.24) is 0 Å². The van der Waals surface area contributed by atoms with Crippen molar-refractivity contribution < 1.29 is 40.9 Å². The van der Waals surface area contributed by atoms with Gasteiger partial charge < -0.3 is 20.8 Å². The second kappa shape index (κ2) is 16.6. The average Bonchev–Trinajstić information content (AvgIpc) is 3.07. The van der Waals surface area contributed by atoms with Gasteiger partial charge in [-0.15, -0.1) is 10.2 Å². The van der Waals surface area contributed by atoms with Crippen molar-refractivity contribution in [2.75, 3.05) is 10.6 Å². The molecular weight excluding hydrogens is 735 g/mol. The van der Waals surface area contributed by atoms with Crippen molar-refractivity contribution in [2.45, 2.75) is 9.79 Å². The Morgan fingerprint density at radius 2 is 0.885 bits per heavy atom. The molecule has 6 aromatic rings. The fourth-order valence-electron chi connectivity index (χ4n) is 4.94. The van der Waals surface area contributed by atoms with Crippen LogP contribution in [0.15, 0.2) is 139 Å². The predicted molar refractivity (Wildman–Crippen MR) is 196 cm³/mol. The van der Waals surface area contributed by atoms with Gasteiger partial charge in [0.1, 0.15) is 21.2 Å². The van der Waals surface area contributed by atoms with Gasteiger partial charge >= 0.3 is 6.03 Å². The van der Waals surface area contributed by atoms with Gasteiger partial charge in [-0.3, -0.25) is 9.11 Å². The first kappa shape index (κ1) is 40.5. The van der Waals surface area contributed by atoms with Crippen molar-refractivity contribution in [2.24, 2.45) is 20.5 Å². The summed E-state index contributed by atoms with van der Waals surface area (Å²) in [6.45, 7) is 0. The number of urea groups is 1. The molecule has 0 aromatic heterocycles. The van der Waals surface area contributed by atoms with Crippen LogP contribution in [0, 0.1) is 0 Å². The van der Waals surface area contributed by atoms with Gasteiger partial charge in [0.15, 0.2) is 11.5 Å². The molecule has 2 radical (unpaired) electrons. The molecule has 0 unspecified atom stereocenters. The molecule has 52 heavy (non-hydrogen) atoms. The number of hydrogen-bond acceptors (Lipinski definition) is 11. The van der Waals surface area contributed by atoms with E-state index >= 15 is 0 Å². The first-order chi connectivity index (χ1) is 23.8. The molecule has 0 saturated heterocycles. The van der Waals surface area contributed by atoms with Crippen molar-refractivity contribution in [1.29, 1.82) is 0 Å². The SMILES string of the molecule is O=C(Nc1ccc2c(O)c(N=Nc3ccccc3)c(S(=O)(=O)O)cc2c1)Nc1ccc2c(O)c(N=Nc3ccccc3)c(S(=O)(=O)O)cc2c1.[Na].[Na]. The Hall–Kier alpha value is -4.27. The number of amides is 2. The van der Waals surface area contributed by atoms with E-state index in [1.165, 1.54) is 36.4 Å². The number of phenols is 2. The molecule has 0 atom stereocenters. The number of hydrogen-bond donors (Lipinski definition) is 6. The fourth-order valence-corrected chi connectivity index (χ4v) is 6.26. The molecule has 19 heteroatoms. The molecule has 6 aromatic carbocycles. The molecule has 2 amide bonds. The number of nitrogens with zero attached hydrogens (tertiary/aromatic N) is 4. The Bertz CT molecular complexity index is 2420. The molecule has 0 aliphatic heterocycles. The van der Waals surface area contributed by atoms with Gasteiger partial charge in [0, 0.05) is 81.3 Å². The van der Waals surface area contributed by atoms with Crippen LogP contribution in [-0.2, 0) is 20.2 Å². The summed E-state index contributed by atoms with van der Waals surface area (Å²) in [4.78, 5) is 11.5. The second-order valence-corrected chi connectivity index (χ2v) is 13.4. The number of anilines is 2. The van der Waals surface area contributed by atoms with Crippen LogP contribution in [0.25, 0.3) is 21.5 Å². The Kier molecular flexibility index (Phi) is 12.9. The third kappa shape index (κ3) is 9.20. The summed E-state index contributed by atoms with van der Waals surface area (Å²) in [6.07, 6.45) is 0. The number of carbonyl (C=O) groups is 1. The first-order valence-corrected chi connectivity index (χ1v) is 17.2. The zero-order valence-corrected chi connectivity index (χ0v) is 33.0. The van der Waals surface area contributed by atoms with Crippen molar-refractivity contribution >= 4 is 141 Å². The van der Waals surface area contributed by atoms with E-state index in [9.17, 15) is 40.9 Å². The van der Waals surface area contributed by atoms with Crippen LogP contribution in [0.1, 0.15) is 0 Å². The summed E-state index contributed by atoms with van der Waals surface area (Å²) in [5.74, 6) is -1.14. The van der Waals surface area contributed by atoms with E-state index in [0.717, 1.165) is 12.1 Å². The maximum absolute atomic E-state index is 12.9. The quantitative estimate of drug-likeness (QED) is 0.0508. The molecule has 0 aliphatic rings. The topological polar surface area (TPSA) is 240 Å². The molecule has 0 bridgehead atoms. The number of nitrogens with one attached hydrogen (secondary N) is 2. The molecular formula is C33H24N6Na2O9S2. The normalized spacial score (nSPS) is 11.7. The third-order valence-corrected chi connectivity index (χ3v) is 8.95. The van der Waals surface area contributed by atoms with Crippen LogP contribution in [0.4, 0.5) is 38.9 Å². The van der Waals surface area contributed by atoms with E-state index in [2.05, 4.69) is 31.1 Å². The predicted octanol–water partition coefficient (Wildman–Crippen LogP) is 7.61. The maximum atomic E-state index is 12.9. The largest absolute Gasteiger partial charge is 0.505 e. The summed E-state index contributed by atoms with van der Waals surface area (Å²) in [5, 5.41) is 43.1. The van der Waals surface area contributed by atoms with E-state index in [1.807, 2.05) is 0 Å². The fraction of sp³-hybridized carbons (Fsp3) is 0. The average molecular weight is 759 g/mol. The van der Waals surface area contributed by atoms with Gasteiger partial charge in [0.2, 0.25) is 0 Å². The zero-order valence-electron chi connectivity index (χ0n) is 27.3.